The minimum atomic E-state index is -4.49. The van der Waals surface area contributed by atoms with E-state index in [9.17, 15) is 18.0 Å². The summed E-state index contributed by atoms with van der Waals surface area (Å²) < 4.78 is 40.1. The van der Waals surface area contributed by atoms with E-state index in [1.165, 1.54) is 6.07 Å². The summed E-state index contributed by atoms with van der Waals surface area (Å²) in [6.45, 7) is 4.13. The largest absolute Gasteiger partial charge is 0.433 e. The van der Waals surface area contributed by atoms with Crippen LogP contribution in [0.15, 0.2) is 30.7 Å². The molecule has 1 atom stereocenters. The number of fused-ring (bicyclic) bond motifs is 1. The SMILES string of the molecule is Cc1nc(NCc2cnn(Cc3ccnc(C(F)(F)F)c3)c2)nc2c1NC(=O)[C@H](C)N2C. The van der Waals surface area contributed by atoms with Crippen molar-refractivity contribution in [1.29, 1.82) is 0 Å². The lowest BCUT2D eigenvalue weighted by atomic mass is 10.2. The highest BCUT2D eigenvalue weighted by atomic mass is 19.4. The number of aryl methyl sites for hydroxylation is 1. The van der Waals surface area contributed by atoms with Gasteiger partial charge in [-0.1, -0.05) is 0 Å². The molecule has 32 heavy (non-hydrogen) atoms. The molecule has 1 aliphatic rings. The molecular weight excluding hydrogens is 425 g/mol. The highest BCUT2D eigenvalue weighted by molar-refractivity contribution is 6.03. The Labute approximate surface area is 181 Å². The van der Waals surface area contributed by atoms with Gasteiger partial charge in [-0.15, -0.1) is 0 Å². The van der Waals surface area contributed by atoms with E-state index in [0.29, 0.717) is 35.3 Å². The number of halogens is 3. The number of rotatable bonds is 5. The van der Waals surface area contributed by atoms with E-state index >= 15 is 0 Å². The van der Waals surface area contributed by atoms with Gasteiger partial charge >= 0.3 is 6.18 Å². The van der Waals surface area contributed by atoms with Crippen LogP contribution in [0.25, 0.3) is 0 Å². The van der Waals surface area contributed by atoms with Crippen molar-refractivity contribution < 1.29 is 18.0 Å². The maximum absolute atomic E-state index is 12.8. The van der Waals surface area contributed by atoms with E-state index in [0.717, 1.165) is 17.8 Å². The summed E-state index contributed by atoms with van der Waals surface area (Å²) in [5.74, 6) is 0.908. The molecule has 1 amide bonds. The molecule has 2 N–H and O–H groups in total. The lowest BCUT2D eigenvalue weighted by Gasteiger charge is -2.32. The summed E-state index contributed by atoms with van der Waals surface area (Å²) in [7, 11) is 1.80. The van der Waals surface area contributed by atoms with Crippen LogP contribution in [0.2, 0.25) is 0 Å². The minimum Gasteiger partial charge on any atom is -0.350 e. The number of carbonyl (C=O) groups excluding carboxylic acids is 1. The summed E-state index contributed by atoms with van der Waals surface area (Å²) in [5, 5.41) is 10.2. The predicted molar refractivity (Wildman–Crippen MR) is 111 cm³/mol. The number of anilines is 3. The zero-order valence-corrected chi connectivity index (χ0v) is 17.6. The molecule has 0 fully saturated rings. The molecule has 3 aromatic heterocycles. The Morgan fingerprint density at radius 2 is 2.03 bits per heavy atom. The number of pyridine rings is 1. The van der Waals surface area contributed by atoms with Crippen LogP contribution >= 0.6 is 0 Å². The summed E-state index contributed by atoms with van der Waals surface area (Å²) in [5.41, 5.74) is 1.55. The number of nitrogens with one attached hydrogen (secondary N) is 2. The molecule has 9 nitrogen and oxygen atoms in total. The van der Waals surface area contributed by atoms with Crippen LogP contribution in [0, 0.1) is 6.92 Å². The van der Waals surface area contributed by atoms with Gasteiger partial charge in [-0.25, -0.2) is 4.98 Å². The van der Waals surface area contributed by atoms with Gasteiger partial charge in [-0.05, 0) is 31.5 Å². The Kier molecular flexibility index (Phi) is 5.45. The highest BCUT2D eigenvalue weighted by Gasteiger charge is 2.32. The maximum Gasteiger partial charge on any atom is 0.433 e. The maximum atomic E-state index is 12.8. The average molecular weight is 446 g/mol. The van der Waals surface area contributed by atoms with Gasteiger partial charge in [0.15, 0.2) is 5.82 Å². The fraction of sp³-hybridized carbons (Fsp3) is 0.350. The molecule has 0 saturated carbocycles. The summed E-state index contributed by atoms with van der Waals surface area (Å²) >= 11 is 0. The van der Waals surface area contributed by atoms with E-state index in [2.05, 4.69) is 30.7 Å². The monoisotopic (exact) mass is 446 g/mol. The smallest absolute Gasteiger partial charge is 0.350 e. The van der Waals surface area contributed by atoms with Crippen LogP contribution < -0.4 is 15.5 Å². The average Bonchev–Trinajstić information content (AvgIpc) is 3.18. The summed E-state index contributed by atoms with van der Waals surface area (Å²) in [4.78, 5) is 26.1. The van der Waals surface area contributed by atoms with E-state index in [4.69, 9.17) is 0 Å². The predicted octanol–water partition coefficient (Wildman–Crippen LogP) is 2.83. The third-order valence-corrected chi connectivity index (χ3v) is 5.21. The van der Waals surface area contributed by atoms with Crippen molar-refractivity contribution in [1.82, 2.24) is 24.7 Å². The number of likely N-dealkylation sites (N-methyl/N-ethyl adjacent to an activating group) is 1. The first-order valence-electron chi connectivity index (χ1n) is 9.81. The minimum absolute atomic E-state index is 0.114. The number of aromatic nitrogens is 5. The first-order chi connectivity index (χ1) is 15.1. The Hall–Kier alpha value is -3.70. The fourth-order valence-electron chi connectivity index (χ4n) is 3.31. The third-order valence-electron chi connectivity index (χ3n) is 5.21. The van der Waals surface area contributed by atoms with Crippen molar-refractivity contribution in [3.05, 3.63) is 53.2 Å². The number of nitrogens with zero attached hydrogens (tertiary/aromatic N) is 6. The lowest BCUT2D eigenvalue weighted by Crippen LogP contribution is -2.44. The molecule has 0 aromatic carbocycles. The number of hydrogen-bond donors (Lipinski definition) is 2. The molecule has 168 valence electrons. The number of alkyl halides is 3. The fourth-order valence-corrected chi connectivity index (χ4v) is 3.31. The van der Waals surface area contributed by atoms with Gasteiger partial charge in [0.2, 0.25) is 11.9 Å². The van der Waals surface area contributed by atoms with Crippen LogP contribution in [-0.2, 0) is 24.1 Å². The van der Waals surface area contributed by atoms with Crippen molar-refractivity contribution in [3.8, 4) is 0 Å². The van der Waals surface area contributed by atoms with Crippen molar-refractivity contribution >= 4 is 23.4 Å². The zero-order chi connectivity index (χ0) is 23.0. The molecule has 12 heteroatoms. The molecule has 0 aliphatic carbocycles. The second-order valence-electron chi connectivity index (χ2n) is 7.55. The third kappa shape index (κ3) is 4.34. The molecule has 3 aromatic rings. The topological polar surface area (TPSA) is 101 Å². The van der Waals surface area contributed by atoms with Gasteiger partial charge < -0.3 is 15.5 Å². The van der Waals surface area contributed by atoms with Gasteiger partial charge in [0.25, 0.3) is 0 Å². The second-order valence-corrected chi connectivity index (χ2v) is 7.55. The molecular formula is C20H21F3N8O. The normalized spacial score (nSPS) is 16.0. The number of amides is 1. The van der Waals surface area contributed by atoms with E-state index in [1.54, 1.807) is 42.9 Å². The van der Waals surface area contributed by atoms with Gasteiger partial charge in [0.05, 0.1) is 18.4 Å². The van der Waals surface area contributed by atoms with Crippen LogP contribution in [0.3, 0.4) is 0 Å². The molecule has 0 radical (unpaired) electrons. The zero-order valence-electron chi connectivity index (χ0n) is 17.6. The quantitative estimate of drug-likeness (QED) is 0.622. The van der Waals surface area contributed by atoms with Crippen LogP contribution in [-0.4, -0.2) is 43.7 Å². The first kappa shape index (κ1) is 21.5. The molecule has 0 unspecified atom stereocenters. The molecule has 4 rings (SSSR count). The van der Waals surface area contributed by atoms with Crippen molar-refractivity contribution in [2.75, 3.05) is 22.6 Å². The van der Waals surface area contributed by atoms with Gasteiger partial charge in [-0.2, -0.15) is 23.3 Å². The Morgan fingerprint density at radius 1 is 1.25 bits per heavy atom. The van der Waals surface area contributed by atoms with Crippen LogP contribution in [0.1, 0.15) is 29.4 Å². The van der Waals surface area contributed by atoms with Crippen molar-refractivity contribution in [3.63, 3.8) is 0 Å². The molecule has 0 saturated heterocycles. The first-order valence-corrected chi connectivity index (χ1v) is 9.81. The molecule has 4 heterocycles. The van der Waals surface area contributed by atoms with E-state index < -0.39 is 11.9 Å². The van der Waals surface area contributed by atoms with Gasteiger partial charge in [-0.3, -0.25) is 14.5 Å². The summed E-state index contributed by atoms with van der Waals surface area (Å²) in [6, 6.07) is 2.18. The molecule has 0 bridgehead atoms. The summed E-state index contributed by atoms with van der Waals surface area (Å²) in [6.07, 6.45) is 0.00991. The van der Waals surface area contributed by atoms with Gasteiger partial charge in [0, 0.05) is 31.5 Å². The van der Waals surface area contributed by atoms with E-state index in [1.807, 2.05) is 0 Å². The van der Waals surface area contributed by atoms with Crippen molar-refractivity contribution in [2.24, 2.45) is 0 Å². The molecule has 0 spiro atoms. The van der Waals surface area contributed by atoms with Crippen molar-refractivity contribution in [2.45, 2.75) is 39.2 Å². The standard InChI is InChI=1S/C20H21F3N8O/c1-11-16-17(30(3)12(2)18(32)28-16)29-19(27-11)25-7-14-8-26-31(10-14)9-13-4-5-24-15(6-13)20(21,22)23/h4-6,8,10,12H,7,9H2,1-3H3,(H,28,32)(H,25,27,29)/t12-/m0/s1. The van der Waals surface area contributed by atoms with Crippen LogP contribution in [0.5, 0.6) is 0 Å². The van der Waals surface area contributed by atoms with E-state index in [-0.39, 0.29) is 18.5 Å². The number of carbonyl (C=O) groups is 1. The number of hydrogen-bond acceptors (Lipinski definition) is 7. The Morgan fingerprint density at radius 3 is 2.78 bits per heavy atom. The Bertz CT molecular complexity index is 1160. The second kappa shape index (κ2) is 8.09. The lowest BCUT2D eigenvalue weighted by molar-refractivity contribution is -0.141. The highest BCUT2D eigenvalue weighted by Crippen LogP contribution is 2.32. The molecule has 1 aliphatic heterocycles. The van der Waals surface area contributed by atoms with Crippen LogP contribution in [0.4, 0.5) is 30.6 Å². The Balaban J connectivity index is 1.44. The van der Waals surface area contributed by atoms with Gasteiger partial charge in [0.1, 0.15) is 17.4 Å².